The van der Waals surface area contributed by atoms with Gasteiger partial charge in [0.2, 0.25) is 0 Å². The van der Waals surface area contributed by atoms with Crippen molar-refractivity contribution in [2.24, 2.45) is 7.05 Å². The minimum Gasteiger partial charge on any atom is -0.385 e. The zero-order valence-corrected chi connectivity index (χ0v) is 9.22. The number of rotatable bonds is 4. The smallest absolute Gasteiger partial charge is 0.125 e. The van der Waals surface area contributed by atoms with Crippen LogP contribution < -0.4 is 11.1 Å². The maximum absolute atomic E-state index is 5.58. The van der Waals surface area contributed by atoms with E-state index in [9.17, 15) is 0 Å². The minimum absolute atomic E-state index is 0.534. The Hall–Kier alpha value is -2.04. The van der Waals surface area contributed by atoms with Crippen molar-refractivity contribution in [1.82, 2.24) is 14.8 Å². The number of nitrogens with one attached hydrogen (secondary N) is 1. The van der Waals surface area contributed by atoms with E-state index in [-0.39, 0.29) is 0 Å². The molecule has 0 aliphatic rings. The monoisotopic (exact) mass is 217 g/mol. The summed E-state index contributed by atoms with van der Waals surface area (Å²) in [6.07, 6.45) is 6.53. The average Bonchev–Trinajstić information content (AvgIpc) is 2.64. The van der Waals surface area contributed by atoms with Crippen molar-refractivity contribution in [3.05, 3.63) is 36.3 Å². The lowest BCUT2D eigenvalue weighted by Gasteiger charge is -2.05. The van der Waals surface area contributed by atoms with Gasteiger partial charge in [0.15, 0.2) is 0 Å². The van der Waals surface area contributed by atoms with Gasteiger partial charge < -0.3 is 11.1 Å². The lowest BCUT2D eigenvalue weighted by atomic mass is 10.2. The van der Waals surface area contributed by atoms with Crippen LogP contribution in [0.25, 0.3) is 0 Å². The van der Waals surface area contributed by atoms with E-state index in [1.54, 1.807) is 10.9 Å². The van der Waals surface area contributed by atoms with Crippen molar-refractivity contribution in [3.63, 3.8) is 0 Å². The highest BCUT2D eigenvalue weighted by Gasteiger charge is 1.97. The van der Waals surface area contributed by atoms with E-state index in [2.05, 4.69) is 15.4 Å². The van der Waals surface area contributed by atoms with Crippen LogP contribution in [0.1, 0.15) is 5.56 Å². The summed E-state index contributed by atoms with van der Waals surface area (Å²) in [7, 11) is 1.92. The normalized spacial score (nSPS) is 10.3. The number of nitrogens with two attached hydrogens (primary N) is 1. The molecule has 0 fully saturated rings. The number of hydrogen-bond acceptors (Lipinski definition) is 4. The topological polar surface area (TPSA) is 68.8 Å². The predicted molar refractivity (Wildman–Crippen MR) is 64.1 cm³/mol. The molecule has 0 unspecified atom stereocenters. The fourth-order valence-electron chi connectivity index (χ4n) is 1.51. The molecule has 84 valence electrons. The molecule has 2 heterocycles. The SMILES string of the molecule is Cn1cc(CCNc2ccnc(N)c2)cn1. The molecule has 0 saturated carbocycles. The Labute approximate surface area is 94.3 Å². The third-order valence-corrected chi connectivity index (χ3v) is 2.28. The Kier molecular flexibility index (Phi) is 3.05. The Balaban J connectivity index is 1.84. The maximum atomic E-state index is 5.58. The first-order valence-corrected chi connectivity index (χ1v) is 5.17. The van der Waals surface area contributed by atoms with Crippen molar-refractivity contribution >= 4 is 11.5 Å². The fraction of sp³-hybridized carbons (Fsp3) is 0.273. The molecule has 0 spiro atoms. The van der Waals surface area contributed by atoms with Gasteiger partial charge in [-0.15, -0.1) is 0 Å². The molecule has 0 amide bonds. The fourth-order valence-corrected chi connectivity index (χ4v) is 1.51. The zero-order valence-electron chi connectivity index (χ0n) is 9.22. The molecule has 0 saturated heterocycles. The highest BCUT2D eigenvalue weighted by Crippen LogP contribution is 2.08. The van der Waals surface area contributed by atoms with E-state index in [1.165, 1.54) is 5.56 Å². The zero-order chi connectivity index (χ0) is 11.4. The van der Waals surface area contributed by atoms with Crippen molar-refractivity contribution in [1.29, 1.82) is 0 Å². The summed E-state index contributed by atoms with van der Waals surface area (Å²) >= 11 is 0. The third kappa shape index (κ3) is 2.73. The number of anilines is 2. The highest BCUT2D eigenvalue weighted by molar-refractivity contribution is 5.49. The van der Waals surface area contributed by atoms with E-state index in [0.29, 0.717) is 5.82 Å². The van der Waals surface area contributed by atoms with Crippen molar-refractivity contribution in [2.45, 2.75) is 6.42 Å². The van der Waals surface area contributed by atoms with Crippen molar-refractivity contribution in [3.8, 4) is 0 Å². The predicted octanol–water partition coefficient (Wildman–Crippen LogP) is 1.05. The molecule has 2 aromatic rings. The van der Waals surface area contributed by atoms with Gasteiger partial charge in [0.25, 0.3) is 0 Å². The number of hydrogen-bond donors (Lipinski definition) is 2. The number of nitrogen functional groups attached to an aromatic ring is 1. The second-order valence-corrected chi connectivity index (χ2v) is 3.67. The van der Waals surface area contributed by atoms with Crippen LogP contribution in [-0.4, -0.2) is 21.3 Å². The second-order valence-electron chi connectivity index (χ2n) is 3.67. The van der Waals surface area contributed by atoms with Crippen LogP contribution in [0.4, 0.5) is 11.5 Å². The Morgan fingerprint density at radius 1 is 1.50 bits per heavy atom. The van der Waals surface area contributed by atoms with Crippen LogP contribution in [0.2, 0.25) is 0 Å². The number of aryl methyl sites for hydroxylation is 1. The second kappa shape index (κ2) is 4.65. The van der Waals surface area contributed by atoms with E-state index >= 15 is 0 Å². The van der Waals surface area contributed by atoms with Gasteiger partial charge in [-0.05, 0) is 18.1 Å². The number of nitrogens with zero attached hydrogens (tertiary/aromatic N) is 3. The van der Waals surface area contributed by atoms with Crippen molar-refractivity contribution < 1.29 is 0 Å². The molecule has 5 nitrogen and oxygen atoms in total. The Morgan fingerprint density at radius 2 is 2.38 bits per heavy atom. The van der Waals surface area contributed by atoms with Crippen LogP contribution in [0.3, 0.4) is 0 Å². The van der Waals surface area contributed by atoms with Crippen LogP contribution in [0, 0.1) is 0 Å². The summed E-state index contributed by atoms with van der Waals surface area (Å²) in [6.45, 7) is 0.856. The standard InChI is InChI=1S/C11H15N5/c1-16-8-9(7-15-16)2-4-13-10-3-5-14-11(12)6-10/h3,5-8H,2,4H2,1H3,(H3,12,13,14). The van der Waals surface area contributed by atoms with E-state index in [4.69, 9.17) is 5.73 Å². The number of pyridine rings is 1. The van der Waals surface area contributed by atoms with Crippen molar-refractivity contribution in [2.75, 3.05) is 17.6 Å². The molecule has 2 rings (SSSR count). The Morgan fingerprint density at radius 3 is 3.06 bits per heavy atom. The molecule has 0 bridgehead atoms. The van der Waals surface area contributed by atoms with Crippen LogP contribution in [-0.2, 0) is 13.5 Å². The first kappa shape index (κ1) is 10.5. The quantitative estimate of drug-likeness (QED) is 0.803. The average molecular weight is 217 g/mol. The molecule has 0 radical (unpaired) electrons. The molecule has 16 heavy (non-hydrogen) atoms. The molecule has 5 heteroatoms. The Bertz CT molecular complexity index is 463. The van der Waals surface area contributed by atoms with Gasteiger partial charge >= 0.3 is 0 Å². The van der Waals surface area contributed by atoms with E-state index < -0.39 is 0 Å². The van der Waals surface area contributed by atoms with Crippen LogP contribution >= 0.6 is 0 Å². The lowest BCUT2D eigenvalue weighted by molar-refractivity contribution is 0.767. The summed E-state index contributed by atoms with van der Waals surface area (Å²) in [5.41, 5.74) is 7.80. The molecule has 2 aromatic heterocycles. The summed E-state index contributed by atoms with van der Waals surface area (Å²) in [5.74, 6) is 0.534. The van der Waals surface area contributed by atoms with Gasteiger partial charge in [0.05, 0.1) is 6.20 Å². The van der Waals surface area contributed by atoms with Gasteiger partial charge in [-0.2, -0.15) is 5.10 Å². The summed E-state index contributed by atoms with van der Waals surface area (Å²) in [4.78, 5) is 3.93. The van der Waals surface area contributed by atoms with Gasteiger partial charge in [0.1, 0.15) is 5.82 Å². The maximum Gasteiger partial charge on any atom is 0.125 e. The van der Waals surface area contributed by atoms with Crippen LogP contribution in [0.5, 0.6) is 0 Å². The molecule has 3 N–H and O–H groups in total. The first-order valence-electron chi connectivity index (χ1n) is 5.17. The summed E-state index contributed by atoms with van der Waals surface area (Å²) < 4.78 is 1.81. The highest BCUT2D eigenvalue weighted by atomic mass is 15.2. The van der Waals surface area contributed by atoms with E-state index in [0.717, 1.165) is 18.7 Å². The molecule has 0 aliphatic heterocycles. The third-order valence-electron chi connectivity index (χ3n) is 2.28. The van der Waals surface area contributed by atoms with Gasteiger partial charge in [-0.25, -0.2) is 4.98 Å². The molecule has 0 atom stereocenters. The van der Waals surface area contributed by atoms with E-state index in [1.807, 2.05) is 31.6 Å². The van der Waals surface area contributed by atoms with Crippen LogP contribution in [0.15, 0.2) is 30.7 Å². The minimum atomic E-state index is 0.534. The first-order chi connectivity index (χ1) is 7.74. The molecule has 0 aromatic carbocycles. The molecular weight excluding hydrogens is 202 g/mol. The summed E-state index contributed by atoms with van der Waals surface area (Å²) in [6, 6.07) is 3.73. The lowest BCUT2D eigenvalue weighted by Crippen LogP contribution is -2.05. The largest absolute Gasteiger partial charge is 0.385 e. The van der Waals surface area contributed by atoms with Gasteiger partial charge in [0, 0.05) is 37.7 Å². The summed E-state index contributed by atoms with van der Waals surface area (Å²) in [5, 5.41) is 7.40. The van der Waals surface area contributed by atoms with Gasteiger partial charge in [-0.3, -0.25) is 4.68 Å². The van der Waals surface area contributed by atoms with Gasteiger partial charge in [-0.1, -0.05) is 0 Å². The molecule has 0 aliphatic carbocycles. The number of aromatic nitrogens is 3. The molecular formula is C11H15N5.